The smallest absolute Gasteiger partial charge is 0.192 e. The highest BCUT2D eigenvalue weighted by molar-refractivity contribution is 6.31. The molecule has 0 fully saturated rings. The number of anilines is 1. The Hall–Kier alpha value is -1.94. The van der Waals surface area contributed by atoms with Gasteiger partial charge in [-0.1, -0.05) is 22.8 Å². The number of halogens is 1. The number of rotatable bonds is 1. The molecule has 0 bridgehead atoms. The van der Waals surface area contributed by atoms with Gasteiger partial charge in [-0.2, -0.15) is 0 Å². The minimum absolute atomic E-state index is 0.542. The number of aryl methyl sites for hydroxylation is 1. The van der Waals surface area contributed by atoms with Crippen LogP contribution >= 0.6 is 11.6 Å². The highest BCUT2D eigenvalue weighted by Crippen LogP contribution is 2.37. The molecule has 92 valence electrons. The Morgan fingerprint density at radius 2 is 2.17 bits per heavy atom. The molecule has 2 aromatic heterocycles. The summed E-state index contributed by atoms with van der Waals surface area (Å²) in [4.78, 5) is 0. The minimum Gasteiger partial charge on any atom is -0.394 e. The maximum Gasteiger partial charge on any atom is 0.192 e. The second-order valence-electron chi connectivity index (χ2n) is 4.29. The molecule has 0 aliphatic heterocycles. The molecule has 18 heavy (non-hydrogen) atoms. The van der Waals surface area contributed by atoms with E-state index in [1.54, 1.807) is 0 Å². The molecule has 2 heterocycles. The van der Waals surface area contributed by atoms with Gasteiger partial charge in [0.15, 0.2) is 5.76 Å². The molecule has 0 saturated heterocycles. The Bertz CT molecular complexity index is 742. The molecule has 0 unspecified atom stereocenters. The van der Waals surface area contributed by atoms with Crippen LogP contribution in [0.15, 0.2) is 28.9 Å². The predicted molar refractivity (Wildman–Crippen MR) is 72.6 cm³/mol. The molecule has 5 heteroatoms. The molecule has 1 aromatic carbocycles. The molecule has 3 aromatic rings. The van der Waals surface area contributed by atoms with Crippen LogP contribution in [0.4, 0.5) is 5.69 Å². The zero-order valence-corrected chi connectivity index (χ0v) is 10.8. The maximum atomic E-state index is 6.03. The van der Waals surface area contributed by atoms with Crippen molar-refractivity contribution < 1.29 is 4.52 Å². The van der Waals surface area contributed by atoms with Gasteiger partial charge in [0.2, 0.25) is 0 Å². The van der Waals surface area contributed by atoms with Gasteiger partial charge in [-0.3, -0.25) is 0 Å². The van der Waals surface area contributed by atoms with Crippen molar-refractivity contribution in [3.63, 3.8) is 0 Å². The summed E-state index contributed by atoms with van der Waals surface area (Å²) in [6.07, 6.45) is 1.52. The summed E-state index contributed by atoms with van der Waals surface area (Å²) in [7, 11) is 1.99. The van der Waals surface area contributed by atoms with Crippen molar-refractivity contribution in [3.05, 3.63) is 35.1 Å². The molecule has 0 saturated carbocycles. The summed E-state index contributed by atoms with van der Waals surface area (Å²) in [5.74, 6) is 0.612. The van der Waals surface area contributed by atoms with Gasteiger partial charge in [-0.05, 0) is 19.1 Å². The number of nitrogen functional groups attached to an aromatic ring is 1. The molecule has 0 atom stereocenters. The summed E-state index contributed by atoms with van der Waals surface area (Å²) in [5.41, 5.74) is 9.51. The van der Waals surface area contributed by atoms with E-state index in [0.717, 1.165) is 22.2 Å². The molecule has 0 aliphatic carbocycles. The lowest BCUT2D eigenvalue weighted by molar-refractivity contribution is 0.432. The monoisotopic (exact) mass is 261 g/mol. The second-order valence-corrected chi connectivity index (χ2v) is 4.73. The zero-order chi connectivity index (χ0) is 12.9. The number of benzene rings is 1. The van der Waals surface area contributed by atoms with Gasteiger partial charge in [-0.15, -0.1) is 0 Å². The van der Waals surface area contributed by atoms with Crippen LogP contribution in [0.5, 0.6) is 0 Å². The van der Waals surface area contributed by atoms with Crippen LogP contribution in [0.3, 0.4) is 0 Å². The Balaban J connectivity index is 2.43. The highest BCUT2D eigenvalue weighted by Gasteiger charge is 2.19. The van der Waals surface area contributed by atoms with Gasteiger partial charge in [-0.25, -0.2) is 0 Å². The maximum absolute atomic E-state index is 6.03. The van der Waals surface area contributed by atoms with Gasteiger partial charge >= 0.3 is 0 Å². The first-order valence-electron chi connectivity index (χ1n) is 5.54. The third-order valence-electron chi connectivity index (χ3n) is 3.28. The third-order valence-corrected chi connectivity index (χ3v) is 3.52. The van der Waals surface area contributed by atoms with E-state index in [1.807, 2.05) is 32.2 Å². The number of hydrogen-bond donors (Lipinski definition) is 1. The standard InChI is InChI=1S/C13H12ClN3O/c1-7-12(13-10(15)6-16-18-13)9-4-3-8(14)5-11(9)17(7)2/h3-6H,15H2,1-2H3. The number of hydrogen-bond acceptors (Lipinski definition) is 3. The molecule has 3 rings (SSSR count). The molecule has 4 nitrogen and oxygen atoms in total. The van der Waals surface area contributed by atoms with Crippen molar-refractivity contribution in [3.8, 4) is 11.3 Å². The van der Waals surface area contributed by atoms with E-state index in [0.29, 0.717) is 16.5 Å². The lowest BCUT2D eigenvalue weighted by Crippen LogP contribution is -1.91. The second kappa shape index (κ2) is 3.78. The van der Waals surface area contributed by atoms with Crippen LogP contribution in [-0.4, -0.2) is 9.72 Å². The fourth-order valence-electron chi connectivity index (χ4n) is 2.26. The number of fused-ring (bicyclic) bond motifs is 1. The highest BCUT2D eigenvalue weighted by atomic mass is 35.5. The van der Waals surface area contributed by atoms with Gasteiger partial charge in [0.1, 0.15) is 5.69 Å². The van der Waals surface area contributed by atoms with E-state index in [1.165, 1.54) is 6.20 Å². The normalized spacial score (nSPS) is 11.3. The lowest BCUT2D eigenvalue weighted by atomic mass is 10.1. The first kappa shape index (κ1) is 11.2. The van der Waals surface area contributed by atoms with E-state index in [9.17, 15) is 0 Å². The minimum atomic E-state index is 0.542. The average molecular weight is 262 g/mol. The van der Waals surface area contributed by atoms with Crippen LogP contribution in [0.25, 0.3) is 22.2 Å². The lowest BCUT2D eigenvalue weighted by Gasteiger charge is -1.99. The summed E-state index contributed by atoms with van der Waals surface area (Å²) >= 11 is 6.03. The zero-order valence-electron chi connectivity index (χ0n) is 10.1. The summed E-state index contributed by atoms with van der Waals surface area (Å²) in [5, 5.41) is 5.50. The topological polar surface area (TPSA) is 57.0 Å². The Labute approximate surface area is 109 Å². The van der Waals surface area contributed by atoms with Crippen molar-refractivity contribution in [2.45, 2.75) is 6.92 Å². The average Bonchev–Trinajstić information content (AvgIpc) is 2.85. The molecule has 0 radical (unpaired) electrons. The molecule has 0 aliphatic rings. The van der Waals surface area contributed by atoms with Crippen molar-refractivity contribution in [1.82, 2.24) is 9.72 Å². The fraction of sp³-hybridized carbons (Fsp3) is 0.154. The number of nitrogens with zero attached hydrogens (tertiary/aromatic N) is 2. The van der Waals surface area contributed by atoms with Gasteiger partial charge in [0, 0.05) is 23.2 Å². The Morgan fingerprint density at radius 1 is 1.39 bits per heavy atom. The van der Waals surface area contributed by atoms with Gasteiger partial charge < -0.3 is 14.8 Å². The Kier molecular flexibility index (Phi) is 2.35. The molecular weight excluding hydrogens is 250 g/mol. The van der Waals surface area contributed by atoms with Crippen molar-refractivity contribution >= 4 is 28.2 Å². The van der Waals surface area contributed by atoms with Crippen LogP contribution < -0.4 is 5.73 Å². The van der Waals surface area contributed by atoms with Crippen molar-refractivity contribution in [2.75, 3.05) is 5.73 Å². The summed E-state index contributed by atoms with van der Waals surface area (Å²) < 4.78 is 7.33. The summed E-state index contributed by atoms with van der Waals surface area (Å²) in [6, 6.07) is 5.77. The first-order valence-corrected chi connectivity index (χ1v) is 5.92. The van der Waals surface area contributed by atoms with Gasteiger partial charge in [0.25, 0.3) is 0 Å². The summed E-state index contributed by atoms with van der Waals surface area (Å²) in [6.45, 7) is 2.02. The van der Waals surface area contributed by atoms with E-state index in [-0.39, 0.29) is 0 Å². The fourth-order valence-corrected chi connectivity index (χ4v) is 2.43. The quantitative estimate of drug-likeness (QED) is 0.731. The van der Waals surface area contributed by atoms with E-state index in [4.69, 9.17) is 21.9 Å². The molecule has 2 N–H and O–H groups in total. The molecular formula is C13H12ClN3O. The van der Waals surface area contributed by atoms with Crippen LogP contribution in [0, 0.1) is 6.92 Å². The Morgan fingerprint density at radius 3 is 2.83 bits per heavy atom. The largest absolute Gasteiger partial charge is 0.394 e. The number of nitrogens with two attached hydrogens (primary N) is 1. The molecule has 0 spiro atoms. The predicted octanol–water partition coefficient (Wildman–Crippen LogP) is 3.38. The van der Waals surface area contributed by atoms with Crippen LogP contribution in [-0.2, 0) is 7.05 Å². The molecule has 0 amide bonds. The van der Waals surface area contributed by atoms with Crippen LogP contribution in [0.2, 0.25) is 5.02 Å². The SMILES string of the molecule is Cc1c(-c2oncc2N)c2ccc(Cl)cc2n1C. The van der Waals surface area contributed by atoms with Gasteiger partial charge in [0.05, 0.1) is 17.3 Å². The van der Waals surface area contributed by atoms with E-state index >= 15 is 0 Å². The van der Waals surface area contributed by atoms with E-state index < -0.39 is 0 Å². The first-order chi connectivity index (χ1) is 8.59. The third kappa shape index (κ3) is 1.42. The van der Waals surface area contributed by atoms with Crippen molar-refractivity contribution in [1.29, 1.82) is 0 Å². The van der Waals surface area contributed by atoms with E-state index in [2.05, 4.69) is 9.72 Å². The number of aromatic nitrogens is 2. The van der Waals surface area contributed by atoms with Crippen LogP contribution in [0.1, 0.15) is 5.69 Å². The van der Waals surface area contributed by atoms with Crippen molar-refractivity contribution in [2.24, 2.45) is 7.05 Å².